The summed E-state index contributed by atoms with van der Waals surface area (Å²) in [6, 6.07) is 7.97. The molecule has 2 aromatic rings. The minimum Gasteiger partial charge on any atom is -0.495 e. The van der Waals surface area contributed by atoms with E-state index in [2.05, 4.69) is 15.9 Å². The molecule has 106 valence electrons. The summed E-state index contributed by atoms with van der Waals surface area (Å²) < 4.78 is 19.6. The van der Waals surface area contributed by atoms with E-state index < -0.39 is 11.9 Å². The van der Waals surface area contributed by atoms with E-state index >= 15 is 0 Å². The van der Waals surface area contributed by atoms with E-state index in [0.717, 1.165) is 0 Å². The van der Waals surface area contributed by atoms with Crippen LogP contribution >= 0.6 is 27.5 Å². The third-order valence-corrected chi connectivity index (χ3v) is 4.23. The highest BCUT2D eigenvalue weighted by atomic mass is 79.9. The van der Waals surface area contributed by atoms with Crippen molar-refractivity contribution in [2.75, 3.05) is 12.8 Å². The van der Waals surface area contributed by atoms with Gasteiger partial charge in [-0.1, -0.05) is 29.8 Å². The summed E-state index contributed by atoms with van der Waals surface area (Å²) in [5, 5.41) is 10.3. The lowest BCUT2D eigenvalue weighted by Gasteiger charge is -2.17. The maximum absolute atomic E-state index is 14.1. The average Bonchev–Trinajstić information content (AvgIpc) is 2.44. The van der Waals surface area contributed by atoms with Crippen molar-refractivity contribution in [2.24, 2.45) is 0 Å². The summed E-state index contributed by atoms with van der Waals surface area (Å²) in [7, 11) is 1.47. The van der Waals surface area contributed by atoms with Gasteiger partial charge in [0.1, 0.15) is 17.7 Å². The van der Waals surface area contributed by atoms with E-state index in [9.17, 15) is 9.50 Å². The molecule has 2 aromatic carbocycles. The minimum absolute atomic E-state index is 0.0538. The van der Waals surface area contributed by atoms with Crippen molar-refractivity contribution in [2.45, 2.75) is 6.10 Å². The Hall–Kier alpha value is -1.30. The monoisotopic (exact) mass is 359 g/mol. The number of nitrogens with two attached hydrogens (primary N) is 1. The van der Waals surface area contributed by atoms with Crippen LogP contribution in [0.3, 0.4) is 0 Å². The lowest BCUT2D eigenvalue weighted by molar-refractivity contribution is 0.215. The van der Waals surface area contributed by atoms with Crippen LogP contribution in [-0.2, 0) is 0 Å². The lowest BCUT2D eigenvalue weighted by atomic mass is 9.99. The van der Waals surface area contributed by atoms with Crippen LogP contribution in [0.1, 0.15) is 17.2 Å². The number of ether oxygens (including phenoxy) is 1. The van der Waals surface area contributed by atoms with Crippen molar-refractivity contribution < 1.29 is 14.2 Å². The van der Waals surface area contributed by atoms with Crippen LogP contribution in [0.5, 0.6) is 5.75 Å². The highest BCUT2D eigenvalue weighted by Crippen LogP contribution is 2.36. The van der Waals surface area contributed by atoms with Gasteiger partial charge >= 0.3 is 0 Å². The third kappa shape index (κ3) is 2.61. The summed E-state index contributed by atoms with van der Waals surface area (Å²) in [6.07, 6.45) is -1.23. The number of benzene rings is 2. The van der Waals surface area contributed by atoms with Gasteiger partial charge in [-0.25, -0.2) is 4.39 Å². The van der Waals surface area contributed by atoms with Crippen molar-refractivity contribution >= 4 is 33.2 Å². The van der Waals surface area contributed by atoms with Crippen LogP contribution in [0.25, 0.3) is 0 Å². The number of nitrogen functional groups attached to an aromatic ring is 1. The molecule has 1 unspecified atom stereocenters. The molecule has 2 rings (SSSR count). The quantitative estimate of drug-likeness (QED) is 0.644. The molecule has 0 aliphatic rings. The first-order valence-corrected chi connectivity index (χ1v) is 6.88. The fourth-order valence-electron chi connectivity index (χ4n) is 1.90. The molecule has 20 heavy (non-hydrogen) atoms. The van der Waals surface area contributed by atoms with Gasteiger partial charge in [0, 0.05) is 15.6 Å². The Morgan fingerprint density at radius 3 is 2.65 bits per heavy atom. The molecule has 1 atom stereocenters. The molecule has 0 amide bonds. The standard InChI is InChI=1S/C14H12BrClFNO2/c1-20-10-4-2-3-8(13(10)18)14(19)7-5-6-9(15)11(16)12(7)17/h2-6,14,19H,18H2,1H3. The Balaban J connectivity index is 2.52. The summed E-state index contributed by atoms with van der Waals surface area (Å²) in [5.74, 6) is -0.263. The second kappa shape index (κ2) is 5.99. The smallest absolute Gasteiger partial charge is 0.149 e. The van der Waals surface area contributed by atoms with Gasteiger partial charge < -0.3 is 15.6 Å². The van der Waals surface area contributed by atoms with Gasteiger partial charge in [-0.3, -0.25) is 0 Å². The Morgan fingerprint density at radius 1 is 1.30 bits per heavy atom. The van der Waals surface area contributed by atoms with E-state index in [1.807, 2.05) is 0 Å². The number of aliphatic hydroxyl groups is 1. The van der Waals surface area contributed by atoms with Crippen LogP contribution < -0.4 is 10.5 Å². The Kier molecular flexibility index (Phi) is 4.52. The van der Waals surface area contributed by atoms with Crippen molar-refractivity contribution in [1.82, 2.24) is 0 Å². The second-order valence-electron chi connectivity index (χ2n) is 4.13. The average molecular weight is 361 g/mol. The molecular weight excluding hydrogens is 349 g/mol. The minimum atomic E-state index is -1.23. The van der Waals surface area contributed by atoms with Crippen molar-refractivity contribution in [3.8, 4) is 5.75 Å². The molecule has 0 radical (unpaired) electrons. The summed E-state index contributed by atoms with van der Waals surface area (Å²) >= 11 is 8.95. The molecule has 3 N–H and O–H groups in total. The first-order chi connectivity index (χ1) is 9.47. The van der Waals surface area contributed by atoms with Crippen LogP contribution in [0.2, 0.25) is 5.02 Å². The first kappa shape index (κ1) is 15.1. The molecule has 6 heteroatoms. The lowest BCUT2D eigenvalue weighted by Crippen LogP contribution is -2.07. The van der Waals surface area contributed by atoms with Crippen LogP contribution in [-0.4, -0.2) is 12.2 Å². The molecule has 3 nitrogen and oxygen atoms in total. The summed E-state index contributed by atoms with van der Waals surface area (Å²) in [6.45, 7) is 0. The maximum Gasteiger partial charge on any atom is 0.149 e. The number of hydrogen-bond donors (Lipinski definition) is 2. The third-order valence-electron chi connectivity index (χ3n) is 2.97. The van der Waals surface area contributed by atoms with Gasteiger partial charge in [-0.05, 0) is 28.1 Å². The highest BCUT2D eigenvalue weighted by Gasteiger charge is 2.21. The van der Waals surface area contributed by atoms with Gasteiger partial charge in [0.25, 0.3) is 0 Å². The predicted octanol–water partition coefficient (Wildman–Crippen LogP) is 3.91. The van der Waals surface area contributed by atoms with Gasteiger partial charge in [0.2, 0.25) is 0 Å². The first-order valence-electron chi connectivity index (χ1n) is 5.71. The molecule has 0 aromatic heterocycles. The van der Waals surface area contributed by atoms with Gasteiger partial charge in [-0.2, -0.15) is 0 Å². The fraction of sp³-hybridized carbons (Fsp3) is 0.143. The zero-order valence-corrected chi connectivity index (χ0v) is 12.9. The molecule has 0 bridgehead atoms. The highest BCUT2D eigenvalue weighted by molar-refractivity contribution is 9.10. The number of anilines is 1. The number of hydrogen-bond acceptors (Lipinski definition) is 3. The number of methoxy groups -OCH3 is 1. The predicted molar refractivity (Wildman–Crippen MR) is 80.6 cm³/mol. The normalized spacial score (nSPS) is 12.2. The largest absolute Gasteiger partial charge is 0.495 e. The Morgan fingerprint density at radius 2 is 2.00 bits per heavy atom. The van der Waals surface area contributed by atoms with Crippen molar-refractivity contribution in [3.05, 3.63) is 56.8 Å². The maximum atomic E-state index is 14.1. The molecular formula is C14H12BrClFNO2. The number of para-hydroxylation sites is 1. The summed E-state index contributed by atoms with van der Waals surface area (Å²) in [4.78, 5) is 0. The van der Waals surface area contributed by atoms with Crippen molar-refractivity contribution in [1.29, 1.82) is 0 Å². The fourth-order valence-corrected chi connectivity index (χ4v) is 2.38. The Labute approximate surface area is 129 Å². The van der Waals surface area contributed by atoms with Crippen LogP contribution in [0, 0.1) is 5.82 Å². The molecule has 0 aliphatic carbocycles. The second-order valence-corrected chi connectivity index (χ2v) is 5.36. The van der Waals surface area contributed by atoms with Gasteiger partial charge in [0.05, 0.1) is 17.8 Å². The number of aliphatic hydroxyl groups excluding tert-OH is 1. The molecule has 0 spiro atoms. The van der Waals surface area contributed by atoms with E-state index in [4.69, 9.17) is 22.1 Å². The van der Waals surface area contributed by atoms with Crippen molar-refractivity contribution in [3.63, 3.8) is 0 Å². The zero-order valence-electron chi connectivity index (χ0n) is 10.5. The van der Waals surface area contributed by atoms with E-state index in [-0.39, 0.29) is 16.3 Å². The molecule has 0 fully saturated rings. The van der Waals surface area contributed by atoms with Crippen LogP contribution in [0.4, 0.5) is 10.1 Å². The SMILES string of the molecule is COc1cccc(C(O)c2ccc(Br)c(Cl)c2F)c1N. The summed E-state index contributed by atoms with van der Waals surface area (Å²) in [5.41, 5.74) is 6.58. The van der Waals surface area contributed by atoms with E-state index in [0.29, 0.717) is 15.8 Å². The number of halogens is 3. The molecule has 0 heterocycles. The molecule has 0 saturated carbocycles. The topological polar surface area (TPSA) is 55.5 Å². The van der Waals surface area contributed by atoms with Crippen LogP contribution in [0.15, 0.2) is 34.8 Å². The number of rotatable bonds is 3. The van der Waals surface area contributed by atoms with Gasteiger partial charge in [-0.15, -0.1) is 0 Å². The van der Waals surface area contributed by atoms with Gasteiger partial charge in [0.15, 0.2) is 0 Å². The van der Waals surface area contributed by atoms with E-state index in [1.54, 1.807) is 24.3 Å². The molecule has 0 aliphatic heterocycles. The molecule has 0 saturated heterocycles. The Bertz CT molecular complexity index is 651. The zero-order chi connectivity index (χ0) is 14.9. The van der Waals surface area contributed by atoms with E-state index in [1.165, 1.54) is 13.2 Å².